The standard InChI is InChI=1S/C9H18N2O/c1-3-7-4-8(6-11-5-7)9(12)10-2/h7-8,11H,3-6H2,1-2H3,(H,10,12). The molecule has 1 saturated heterocycles. The fourth-order valence-corrected chi connectivity index (χ4v) is 1.75. The van der Waals surface area contributed by atoms with E-state index in [2.05, 4.69) is 17.6 Å². The molecule has 0 spiro atoms. The fraction of sp³-hybridized carbons (Fsp3) is 0.889. The van der Waals surface area contributed by atoms with Crippen molar-refractivity contribution < 1.29 is 4.79 Å². The van der Waals surface area contributed by atoms with Crippen LogP contribution in [-0.4, -0.2) is 26.0 Å². The van der Waals surface area contributed by atoms with Gasteiger partial charge >= 0.3 is 0 Å². The highest BCUT2D eigenvalue weighted by atomic mass is 16.1. The van der Waals surface area contributed by atoms with E-state index in [9.17, 15) is 4.79 Å². The van der Waals surface area contributed by atoms with E-state index in [1.807, 2.05) is 0 Å². The molecule has 1 aliphatic rings. The van der Waals surface area contributed by atoms with E-state index in [-0.39, 0.29) is 11.8 Å². The van der Waals surface area contributed by atoms with Gasteiger partial charge in [0.25, 0.3) is 0 Å². The first-order chi connectivity index (χ1) is 5.77. The molecule has 0 bridgehead atoms. The van der Waals surface area contributed by atoms with Crippen molar-refractivity contribution >= 4 is 5.91 Å². The largest absolute Gasteiger partial charge is 0.359 e. The van der Waals surface area contributed by atoms with Crippen LogP contribution in [0.4, 0.5) is 0 Å². The van der Waals surface area contributed by atoms with E-state index in [4.69, 9.17) is 0 Å². The molecular weight excluding hydrogens is 152 g/mol. The molecule has 1 rings (SSSR count). The molecule has 1 fully saturated rings. The average Bonchev–Trinajstić information content (AvgIpc) is 2.17. The smallest absolute Gasteiger partial charge is 0.224 e. The van der Waals surface area contributed by atoms with Crippen LogP contribution in [0.1, 0.15) is 19.8 Å². The highest BCUT2D eigenvalue weighted by Gasteiger charge is 2.24. The van der Waals surface area contributed by atoms with E-state index < -0.39 is 0 Å². The number of hydrogen-bond acceptors (Lipinski definition) is 2. The third-order valence-corrected chi connectivity index (χ3v) is 2.64. The number of carbonyl (C=O) groups is 1. The molecule has 0 aromatic rings. The average molecular weight is 170 g/mol. The minimum atomic E-state index is 0.181. The Hall–Kier alpha value is -0.570. The predicted octanol–water partition coefficient (Wildman–Crippen LogP) is 0.368. The predicted molar refractivity (Wildman–Crippen MR) is 48.8 cm³/mol. The molecule has 2 unspecified atom stereocenters. The molecule has 0 radical (unpaired) electrons. The second-order valence-electron chi connectivity index (χ2n) is 3.48. The summed E-state index contributed by atoms with van der Waals surface area (Å²) in [4.78, 5) is 11.3. The Labute approximate surface area is 73.9 Å². The van der Waals surface area contributed by atoms with Gasteiger partial charge in [-0.05, 0) is 18.9 Å². The van der Waals surface area contributed by atoms with E-state index in [0.717, 1.165) is 19.5 Å². The maximum Gasteiger partial charge on any atom is 0.224 e. The van der Waals surface area contributed by atoms with E-state index >= 15 is 0 Å². The van der Waals surface area contributed by atoms with Gasteiger partial charge in [-0.3, -0.25) is 4.79 Å². The lowest BCUT2D eigenvalue weighted by Crippen LogP contribution is -2.42. The van der Waals surface area contributed by atoms with E-state index in [0.29, 0.717) is 5.92 Å². The molecule has 12 heavy (non-hydrogen) atoms. The zero-order valence-corrected chi connectivity index (χ0v) is 7.89. The van der Waals surface area contributed by atoms with Crippen molar-refractivity contribution in [2.75, 3.05) is 20.1 Å². The molecule has 70 valence electrons. The summed E-state index contributed by atoms with van der Waals surface area (Å²) in [5.41, 5.74) is 0. The Bertz CT molecular complexity index is 159. The van der Waals surface area contributed by atoms with Crippen molar-refractivity contribution in [2.24, 2.45) is 11.8 Å². The van der Waals surface area contributed by atoms with Crippen LogP contribution in [0.5, 0.6) is 0 Å². The molecule has 2 atom stereocenters. The Balaban J connectivity index is 2.40. The van der Waals surface area contributed by atoms with Gasteiger partial charge in [0.05, 0.1) is 5.92 Å². The highest BCUT2D eigenvalue weighted by molar-refractivity contribution is 5.78. The first-order valence-electron chi connectivity index (χ1n) is 4.70. The van der Waals surface area contributed by atoms with Crippen molar-refractivity contribution in [2.45, 2.75) is 19.8 Å². The Morgan fingerprint density at radius 1 is 1.58 bits per heavy atom. The number of piperidine rings is 1. The minimum Gasteiger partial charge on any atom is -0.359 e. The van der Waals surface area contributed by atoms with Crippen molar-refractivity contribution in [3.63, 3.8) is 0 Å². The van der Waals surface area contributed by atoms with Crippen LogP contribution in [0.2, 0.25) is 0 Å². The summed E-state index contributed by atoms with van der Waals surface area (Å²) < 4.78 is 0. The third kappa shape index (κ3) is 2.21. The molecule has 0 saturated carbocycles. The number of rotatable bonds is 2. The molecule has 3 nitrogen and oxygen atoms in total. The lowest BCUT2D eigenvalue weighted by atomic mass is 9.88. The van der Waals surface area contributed by atoms with Crippen LogP contribution in [0.25, 0.3) is 0 Å². The van der Waals surface area contributed by atoms with Gasteiger partial charge < -0.3 is 10.6 Å². The third-order valence-electron chi connectivity index (χ3n) is 2.64. The zero-order chi connectivity index (χ0) is 8.97. The molecule has 3 heteroatoms. The highest BCUT2D eigenvalue weighted by Crippen LogP contribution is 2.18. The molecule has 0 aliphatic carbocycles. The van der Waals surface area contributed by atoms with Crippen LogP contribution in [0.3, 0.4) is 0 Å². The topological polar surface area (TPSA) is 41.1 Å². The second kappa shape index (κ2) is 4.45. The van der Waals surface area contributed by atoms with Gasteiger partial charge in [-0.25, -0.2) is 0 Å². The Morgan fingerprint density at radius 3 is 2.92 bits per heavy atom. The summed E-state index contributed by atoms with van der Waals surface area (Å²) in [5.74, 6) is 1.05. The molecule has 2 N–H and O–H groups in total. The molecule has 1 aliphatic heterocycles. The van der Waals surface area contributed by atoms with Gasteiger partial charge in [0, 0.05) is 13.6 Å². The normalized spacial score (nSPS) is 29.8. The van der Waals surface area contributed by atoms with Crippen LogP contribution in [0.15, 0.2) is 0 Å². The minimum absolute atomic E-state index is 0.181. The van der Waals surface area contributed by atoms with Crippen LogP contribution in [0, 0.1) is 11.8 Å². The van der Waals surface area contributed by atoms with Crippen molar-refractivity contribution in [1.29, 1.82) is 0 Å². The molecular formula is C9H18N2O. The van der Waals surface area contributed by atoms with Crippen LogP contribution in [-0.2, 0) is 4.79 Å². The van der Waals surface area contributed by atoms with Crippen molar-refractivity contribution in [3.05, 3.63) is 0 Å². The van der Waals surface area contributed by atoms with Gasteiger partial charge in [0.1, 0.15) is 0 Å². The summed E-state index contributed by atoms with van der Waals surface area (Å²) in [7, 11) is 1.71. The second-order valence-corrected chi connectivity index (χ2v) is 3.48. The first-order valence-corrected chi connectivity index (χ1v) is 4.70. The number of nitrogens with one attached hydrogen (secondary N) is 2. The van der Waals surface area contributed by atoms with Gasteiger partial charge in [0.2, 0.25) is 5.91 Å². The van der Waals surface area contributed by atoms with Gasteiger partial charge in [0.15, 0.2) is 0 Å². The lowest BCUT2D eigenvalue weighted by molar-refractivity contribution is -0.125. The van der Waals surface area contributed by atoms with Crippen molar-refractivity contribution in [3.8, 4) is 0 Å². The summed E-state index contributed by atoms with van der Waals surface area (Å²) in [6, 6.07) is 0. The zero-order valence-electron chi connectivity index (χ0n) is 7.89. The Morgan fingerprint density at radius 2 is 2.33 bits per heavy atom. The number of amides is 1. The monoisotopic (exact) mass is 170 g/mol. The lowest BCUT2D eigenvalue weighted by Gasteiger charge is -2.27. The molecule has 1 heterocycles. The van der Waals surface area contributed by atoms with Gasteiger partial charge in [-0.15, -0.1) is 0 Å². The molecule has 0 aromatic carbocycles. The summed E-state index contributed by atoms with van der Waals surface area (Å²) in [5, 5.41) is 5.99. The number of hydrogen-bond donors (Lipinski definition) is 2. The van der Waals surface area contributed by atoms with E-state index in [1.54, 1.807) is 7.05 Å². The summed E-state index contributed by atoms with van der Waals surface area (Å²) >= 11 is 0. The van der Waals surface area contributed by atoms with Crippen LogP contribution < -0.4 is 10.6 Å². The summed E-state index contributed by atoms with van der Waals surface area (Å²) in [6.45, 7) is 4.10. The first kappa shape index (κ1) is 9.52. The fourth-order valence-electron chi connectivity index (χ4n) is 1.75. The quantitative estimate of drug-likeness (QED) is 0.628. The molecule has 1 amide bonds. The molecule has 0 aromatic heterocycles. The van der Waals surface area contributed by atoms with Gasteiger partial charge in [-0.1, -0.05) is 13.3 Å². The maximum absolute atomic E-state index is 11.3. The van der Waals surface area contributed by atoms with Crippen molar-refractivity contribution in [1.82, 2.24) is 10.6 Å². The summed E-state index contributed by atoms with van der Waals surface area (Å²) in [6.07, 6.45) is 2.21. The number of carbonyl (C=O) groups excluding carboxylic acids is 1. The maximum atomic E-state index is 11.3. The SMILES string of the molecule is CCC1CNCC(C(=O)NC)C1. The van der Waals surface area contributed by atoms with Gasteiger partial charge in [-0.2, -0.15) is 0 Å². The van der Waals surface area contributed by atoms with Crippen LogP contribution >= 0.6 is 0 Å². The Kier molecular flexibility index (Phi) is 3.53. The van der Waals surface area contributed by atoms with E-state index in [1.165, 1.54) is 6.42 Å².